The lowest BCUT2D eigenvalue weighted by Gasteiger charge is -2.40. The summed E-state index contributed by atoms with van der Waals surface area (Å²) in [6.07, 6.45) is 0.0343. The summed E-state index contributed by atoms with van der Waals surface area (Å²) in [6.45, 7) is 11.0. The van der Waals surface area contributed by atoms with Gasteiger partial charge in [0.2, 0.25) is 0 Å². The van der Waals surface area contributed by atoms with Crippen LogP contribution in [0.25, 0.3) is 0 Å². The van der Waals surface area contributed by atoms with Gasteiger partial charge in [-0.15, -0.1) is 0 Å². The maximum atomic E-state index is 12.7. The zero-order chi connectivity index (χ0) is 21.8. The number of nitrogens with zero attached hydrogens (tertiary/aromatic N) is 3. The number of piperazine rings is 1. The van der Waals surface area contributed by atoms with Crippen LogP contribution in [0.4, 0.5) is 16.2 Å². The molecule has 166 valence electrons. The van der Waals surface area contributed by atoms with Crippen molar-refractivity contribution in [1.82, 2.24) is 9.80 Å². The first kappa shape index (κ1) is 21.9. The molecule has 0 aromatic heterocycles. The van der Waals surface area contributed by atoms with Gasteiger partial charge in [-0.05, 0) is 55.3 Å². The van der Waals surface area contributed by atoms with Crippen molar-refractivity contribution in [3.8, 4) is 0 Å². The molecule has 2 aromatic rings. The summed E-state index contributed by atoms with van der Waals surface area (Å²) in [6, 6.07) is 13.8. The topological polar surface area (TPSA) is 48.0 Å². The number of nitrogens with one attached hydrogen (secondary N) is 1. The molecule has 0 bridgehead atoms. The minimum Gasteiger partial charge on any atom is -0.373 e. The lowest BCUT2D eigenvalue weighted by molar-refractivity contribution is -0.0295. The quantitative estimate of drug-likeness (QED) is 0.777. The van der Waals surface area contributed by atoms with Crippen LogP contribution in [0.2, 0.25) is 5.02 Å². The number of anilines is 2. The number of carbonyl (C=O) groups is 1. The average molecular weight is 443 g/mol. The van der Waals surface area contributed by atoms with Crippen LogP contribution in [-0.2, 0) is 4.74 Å². The van der Waals surface area contributed by atoms with Crippen molar-refractivity contribution >= 4 is 29.0 Å². The van der Waals surface area contributed by atoms with E-state index >= 15 is 0 Å². The van der Waals surface area contributed by atoms with Crippen molar-refractivity contribution in [3.63, 3.8) is 0 Å². The highest BCUT2D eigenvalue weighted by molar-refractivity contribution is 6.30. The summed E-state index contributed by atoms with van der Waals surface area (Å²) >= 11 is 6.02. The molecule has 1 unspecified atom stereocenters. The van der Waals surface area contributed by atoms with Crippen LogP contribution in [0.5, 0.6) is 0 Å². The Morgan fingerprint density at radius 3 is 2.61 bits per heavy atom. The van der Waals surface area contributed by atoms with E-state index in [2.05, 4.69) is 47.2 Å². The molecule has 2 aliphatic heterocycles. The number of aryl methyl sites for hydroxylation is 2. The second-order valence-electron chi connectivity index (χ2n) is 8.44. The van der Waals surface area contributed by atoms with Crippen LogP contribution in [-0.4, -0.2) is 74.4 Å². The van der Waals surface area contributed by atoms with Gasteiger partial charge < -0.3 is 19.9 Å². The Hall–Kier alpha value is -2.28. The van der Waals surface area contributed by atoms with E-state index in [1.165, 1.54) is 16.8 Å². The maximum Gasteiger partial charge on any atom is 0.322 e. The summed E-state index contributed by atoms with van der Waals surface area (Å²) in [4.78, 5) is 19.4. The van der Waals surface area contributed by atoms with E-state index in [1.54, 1.807) is 12.1 Å². The second-order valence-corrected chi connectivity index (χ2v) is 8.87. The minimum atomic E-state index is -0.102. The van der Waals surface area contributed by atoms with Crippen molar-refractivity contribution in [2.45, 2.75) is 20.0 Å². The number of amides is 2. The molecule has 2 aromatic carbocycles. The smallest absolute Gasteiger partial charge is 0.322 e. The van der Waals surface area contributed by atoms with E-state index in [1.807, 2.05) is 17.0 Å². The van der Waals surface area contributed by atoms with Gasteiger partial charge >= 0.3 is 6.03 Å². The summed E-state index contributed by atoms with van der Waals surface area (Å²) < 4.78 is 5.97. The van der Waals surface area contributed by atoms with Gasteiger partial charge in [0.1, 0.15) is 0 Å². The highest BCUT2D eigenvalue weighted by atomic mass is 35.5. The Bertz CT molecular complexity index is 914. The van der Waals surface area contributed by atoms with Crippen LogP contribution in [0.15, 0.2) is 42.5 Å². The number of hydrogen-bond donors (Lipinski definition) is 1. The molecule has 2 amide bonds. The van der Waals surface area contributed by atoms with E-state index < -0.39 is 0 Å². The van der Waals surface area contributed by atoms with Crippen LogP contribution >= 0.6 is 11.6 Å². The van der Waals surface area contributed by atoms with Crippen LogP contribution in [0.1, 0.15) is 11.1 Å². The van der Waals surface area contributed by atoms with Crippen molar-refractivity contribution in [1.29, 1.82) is 0 Å². The lowest BCUT2D eigenvalue weighted by Crippen LogP contribution is -2.54. The average Bonchev–Trinajstić information content (AvgIpc) is 2.76. The van der Waals surface area contributed by atoms with Gasteiger partial charge in [0.15, 0.2) is 0 Å². The van der Waals surface area contributed by atoms with Gasteiger partial charge in [-0.25, -0.2) is 4.79 Å². The molecule has 6 nitrogen and oxygen atoms in total. The zero-order valence-corrected chi connectivity index (χ0v) is 19.1. The Kier molecular flexibility index (Phi) is 7.00. The third-order valence-electron chi connectivity index (χ3n) is 6.19. The van der Waals surface area contributed by atoms with Crippen LogP contribution < -0.4 is 10.2 Å². The Morgan fingerprint density at radius 1 is 1.06 bits per heavy atom. The number of rotatable bonds is 4. The Labute approximate surface area is 189 Å². The molecule has 1 atom stereocenters. The highest BCUT2D eigenvalue weighted by Gasteiger charge is 2.27. The number of urea groups is 1. The first-order chi connectivity index (χ1) is 15.0. The molecule has 2 fully saturated rings. The van der Waals surface area contributed by atoms with Gasteiger partial charge in [-0.2, -0.15) is 0 Å². The minimum absolute atomic E-state index is 0.0343. The van der Waals surface area contributed by atoms with Crippen molar-refractivity contribution in [2.75, 3.05) is 62.6 Å². The van der Waals surface area contributed by atoms with E-state index in [0.717, 1.165) is 32.7 Å². The van der Waals surface area contributed by atoms with E-state index in [4.69, 9.17) is 16.3 Å². The normalized spacial score (nSPS) is 20.0. The summed E-state index contributed by atoms with van der Waals surface area (Å²) in [7, 11) is 0. The van der Waals surface area contributed by atoms with Gasteiger partial charge in [0.05, 0.1) is 12.7 Å². The molecule has 7 heteroatoms. The van der Waals surface area contributed by atoms with Crippen molar-refractivity contribution in [3.05, 3.63) is 58.6 Å². The van der Waals surface area contributed by atoms with E-state index in [9.17, 15) is 4.79 Å². The van der Waals surface area contributed by atoms with E-state index in [-0.39, 0.29) is 12.1 Å². The molecule has 2 saturated heterocycles. The molecule has 2 heterocycles. The van der Waals surface area contributed by atoms with Crippen LogP contribution in [0, 0.1) is 13.8 Å². The van der Waals surface area contributed by atoms with Gasteiger partial charge in [0, 0.05) is 62.2 Å². The first-order valence-electron chi connectivity index (χ1n) is 11.0. The molecule has 0 radical (unpaired) electrons. The number of hydrogen-bond acceptors (Lipinski definition) is 4. The molecule has 0 saturated carbocycles. The van der Waals surface area contributed by atoms with Gasteiger partial charge in [-0.3, -0.25) is 4.90 Å². The molecule has 1 N–H and O–H groups in total. The monoisotopic (exact) mass is 442 g/mol. The summed E-state index contributed by atoms with van der Waals surface area (Å²) in [5, 5.41) is 3.54. The molecule has 0 spiro atoms. The standard InChI is InChI=1S/C24H31ClN4O2/c1-18-6-7-22(14-19(18)2)28-10-8-27(9-11-28)16-23-17-29(12-13-31-23)24(30)26-21-5-3-4-20(25)15-21/h3-7,14-15,23H,8-13,16-17H2,1-2H3,(H,26,30). The molecule has 0 aliphatic carbocycles. The largest absolute Gasteiger partial charge is 0.373 e. The molecule has 31 heavy (non-hydrogen) atoms. The third kappa shape index (κ3) is 5.70. The number of morpholine rings is 1. The number of benzene rings is 2. The fourth-order valence-corrected chi connectivity index (χ4v) is 4.37. The van der Waals surface area contributed by atoms with E-state index in [0.29, 0.717) is 30.4 Å². The zero-order valence-electron chi connectivity index (χ0n) is 18.3. The Balaban J connectivity index is 1.26. The highest BCUT2D eigenvalue weighted by Crippen LogP contribution is 2.21. The van der Waals surface area contributed by atoms with Crippen LogP contribution in [0.3, 0.4) is 0 Å². The predicted molar refractivity (Wildman–Crippen MR) is 126 cm³/mol. The lowest BCUT2D eigenvalue weighted by atomic mass is 10.1. The SMILES string of the molecule is Cc1ccc(N2CCN(CC3CN(C(=O)Nc4cccc(Cl)c4)CCO3)CC2)cc1C. The third-order valence-corrected chi connectivity index (χ3v) is 6.43. The fourth-order valence-electron chi connectivity index (χ4n) is 4.18. The number of halogens is 1. The fraction of sp³-hybridized carbons (Fsp3) is 0.458. The molecular formula is C24H31ClN4O2. The molecular weight excluding hydrogens is 412 g/mol. The second kappa shape index (κ2) is 9.90. The number of carbonyl (C=O) groups excluding carboxylic acids is 1. The van der Waals surface area contributed by atoms with Crippen molar-refractivity contribution in [2.24, 2.45) is 0 Å². The van der Waals surface area contributed by atoms with Gasteiger partial charge in [-0.1, -0.05) is 23.7 Å². The maximum absolute atomic E-state index is 12.7. The summed E-state index contributed by atoms with van der Waals surface area (Å²) in [5.74, 6) is 0. The molecule has 2 aliphatic rings. The van der Waals surface area contributed by atoms with Gasteiger partial charge in [0.25, 0.3) is 0 Å². The molecule has 4 rings (SSSR count). The Morgan fingerprint density at radius 2 is 1.87 bits per heavy atom. The predicted octanol–water partition coefficient (Wildman–Crippen LogP) is 4.01. The van der Waals surface area contributed by atoms with Crippen molar-refractivity contribution < 1.29 is 9.53 Å². The number of ether oxygens (including phenoxy) is 1. The first-order valence-corrected chi connectivity index (χ1v) is 11.3. The summed E-state index contributed by atoms with van der Waals surface area (Å²) in [5.41, 5.74) is 4.69.